The quantitative estimate of drug-likeness (QED) is 0.935. The van der Waals surface area contributed by atoms with Crippen LogP contribution in [0.15, 0.2) is 41.3 Å². The van der Waals surface area contributed by atoms with Crippen molar-refractivity contribution in [3.05, 3.63) is 58.6 Å². The van der Waals surface area contributed by atoms with Crippen molar-refractivity contribution in [2.75, 3.05) is 0 Å². The molecule has 0 atom stereocenters. The Balaban J connectivity index is 2.25. The standard InChI is InChI=1S/C13H10ClF2NO3S/c14-9-3-1-2-8(4-9)7-20-13-11(15)5-10(6-12(13)16)21(17,18)19/h1-6H,7H2,(H2,17,18,19). The summed E-state index contributed by atoms with van der Waals surface area (Å²) >= 11 is 5.78. The highest BCUT2D eigenvalue weighted by atomic mass is 35.5. The molecule has 2 aromatic carbocycles. The molecule has 0 heterocycles. The van der Waals surface area contributed by atoms with E-state index in [9.17, 15) is 17.2 Å². The highest BCUT2D eigenvalue weighted by Gasteiger charge is 2.18. The fourth-order valence-electron chi connectivity index (χ4n) is 1.62. The number of nitrogens with two attached hydrogens (primary N) is 1. The van der Waals surface area contributed by atoms with Crippen LogP contribution >= 0.6 is 11.6 Å². The lowest BCUT2D eigenvalue weighted by Gasteiger charge is -2.10. The van der Waals surface area contributed by atoms with Gasteiger partial charge in [0.2, 0.25) is 10.0 Å². The Morgan fingerprint density at radius 1 is 1.14 bits per heavy atom. The molecule has 0 saturated carbocycles. The molecule has 2 rings (SSSR count). The lowest BCUT2D eigenvalue weighted by atomic mass is 10.2. The Labute approximate surface area is 125 Å². The fraction of sp³-hybridized carbons (Fsp3) is 0.0769. The van der Waals surface area contributed by atoms with Gasteiger partial charge < -0.3 is 4.74 Å². The highest BCUT2D eigenvalue weighted by Crippen LogP contribution is 2.26. The Morgan fingerprint density at radius 3 is 2.29 bits per heavy atom. The van der Waals surface area contributed by atoms with Crippen LogP contribution in [0, 0.1) is 11.6 Å². The van der Waals surface area contributed by atoms with Crippen LogP contribution in [0.2, 0.25) is 5.02 Å². The minimum atomic E-state index is -4.19. The number of primary sulfonamides is 1. The van der Waals surface area contributed by atoms with Gasteiger partial charge in [0, 0.05) is 5.02 Å². The maximum Gasteiger partial charge on any atom is 0.238 e. The van der Waals surface area contributed by atoms with E-state index in [1.54, 1.807) is 24.3 Å². The van der Waals surface area contributed by atoms with E-state index in [1.165, 1.54) is 0 Å². The van der Waals surface area contributed by atoms with Crippen molar-refractivity contribution >= 4 is 21.6 Å². The van der Waals surface area contributed by atoms with E-state index in [1.807, 2.05) is 0 Å². The average molecular weight is 334 g/mol. The molecule has 112 valence electrons. The van der Waals surface area contributed by atoms with Gasteiger partial charge in [-0.3, -0.25) is 0 Å². The Bertz CT molecular complexity index is 758. The summed E-state index contributed by atoms with van der Waals surface area (Å²) in [5.74, 6) is -2.98. The van der Waals surface area contributed by atoms with Crippen LogP contribution in [0.3, 0.4) is 0 Å². The molecule has 0 fully saturated rings. The molecule has 0 spiro atoms. The zero-order valence-electron chi connectivity index (χ0n) is 10.5. The Morgan fingerprint density at radius 2 is 1.76 bits per heavy atom. The van der Waals surface area contributed by atoms with E-state index < -0.39 is 32.3 Å². The minimum absolute atomic E-state index is 0.122. The molecule has 0 aliphatic heterocycles. The van der Waals surface area contributed by atoms with Gasteiger partial charge in [0.15, 0.2) is 17.4 Å². The zero-order valence-corrected chi connectivity index (χ0v) is 12.1. The normalized spacial score (nSPS) is 11.4. The lowest BCUT2D eigenvalue weighted by molar-refractivity contribution is 0.273. The highest BCUT2D eigenvalue weighted by molar-refractivity contribution is 7.89. The zero-order chi connectivity index (χ0) is 15.6. The van der Waals surface area contributed by atoms with E-state index in [2.05, 4.69) is 0 Å². The van der Waals surface area contributed by atoms with Gasteiger partial charge in [-0.25, -0.2) is 22.3 Å². The van der Waals surface area contributed by atoms with E-state index >= 15 is 0 Å². The molecular weight excluding hydrogens is 324 g/mol. The average Bonchev–Trinajstić information content (AvgIpc) is 2.36. The predicted octanol–water partition coefficient (Wildman–Crippen LogP) is 2.84. The summed E-state index contributed by atoms with van der Waals surface area (Å²) < 4.78 is 54.6. The summed E-state index contributed by atoms with van der Waals surface area (Å²) in [6.45, 7) is -0.122. The molecule has 8 heteroatoms. The Hall–Kier alpha value is -1.70. The summed E-state index contributed by atoms with van der Waals surface area (Å²) in [5, 5.41) is 5.27. The number of hydrogen-bond donors (Lipinski definition) is 1. The molecule has 2 N–H and O–H groups in total. The number of hydrogen-bond acceptors (Lipinski definition) is 3. The molecule has 0 unspecified atom stereocenters. The minimum Gasteiger partial charge on any atom is -0.483 e. The third-order valence-electron chi connectivity index (χ3n) is 2.57. The van der Waals surface area contributed by atoms with Crippen molar-refractivity contribution < 1.29 is 21.9 Å². The first kappa shape index (κ1) is 15.7. The van der Waals surface area contributed by atoms with Crippen molar-refractivity contribution in [3.63, 3.8) is 0 Å². The van der Waals surface area contributed by atoms with Crippen molar-refractivity contribution in [3.8, 4) is 5.75 Å². The molecule has 4 nitrogen and oxygen atoms in total. The van der Waals surface area contributed by atoms with Gasteiger partial charge in [-0.2, -0.15) is 0 Å². The molecule has 0 aliphatic rings. The van der Waals surface area contributed by atoms with Gasteiger partial charge in [-0.15, -0.1) is 0 Å². The summed E-state index contributed by atoms with van der Waals surface area (Å²) in [6.07, 6.45) is 0. The fourth-order valence-corrected chi connectivity index (χ4v) is 2.37. The molecule has 0 aromatic heterocycles. The number of sulfonamides is 1. The summed E-state index contributed by atoms with van der Waals surface area (Å²) in [7, 11) is -4.19. The van der Waals surface area contributed by atoms with Crippen LogP contribution in [0.4, 0.5) is 8.78 Å². The second kappa shape index (κ2) is 5.97. The van der Waals surface area contributed by atoms with E-state index in [0.29, 0.717) is 22.7 Å². The van der Waals surface area contributed by atoms with Crippen molar-refractivity contribution in [1.29, 1.82) is 0 Å². The third kappa shape index (κ3) is 3.90. The van der Waals surface area contributed by atoms with Gasteiger partial charge >= 0.3 is 0 Å². The van der Waals surface area contributed by atoms with Crippen LogP contribution < -0.4 is 9.88 Å². The van der Waals surface area contributed by atoms with Gasteiger partial charge in [0.1, 0.15) is 6.61 Å². The van der Waals surface area contributed by atoms with Gasteiger partial charge in [-0.05, 0) is 29.8 Å². The first-order chi connectivity index (χ1) is 9.77. The first-order valence-corrected chi connectivity index (χ1v) is 7.59. The SMILES string of the molecule is NS(=O)(=O)c1cc(F)c(OCc2cccc(Cl)c2)c(F)c1. The van der Waals surface area contributed by atoms with Crippen molar-refractivity contribution in [2.45, 2.75) is 11.5 Å². The van der Waals surface area contributed by atoms with E-state index in [-0.39, 0.29) is 6.61 Å². The predicted molar refractivity (Wildman–Crippen MR) is 73.5 cm³/mol. The Kier molecular flexibility index (Phi) is 4.46. The lowest BCUT2D eigenvalue weighted by Crippen LogP contribution is -2.13. The van der Waals surface area contributed by atoms with Crippen molar-refractivity contribution in [1.82, 2.24) is 0 Å². The van der Waals surface area contributed by atoms with E-state index in [4.69, 9.17) is 21.5 Å². The topological polar surface area (TPSA) is 69.4 Å². The summed E-state index contributed by atoms with van der Waals surface area (Å²) in [4.78, 5) is -0.660. The molecule has 2 aromatic rings. The van der Waals surface area contributed by atoms with Gasteiger partial charge in [0.05, 0.1) is 4.90 Å². The third-order valence-corrected chi connectivity index (χ3v) is 3.70. The maximum atomic E-state index is 13.7. The largest absolute Gasteiger partial charge is 0.483 e. The van der Waals surface area contributed by atoms with Gasteiger partial charge in [0.25, 0.3) is 0 Å². The first-order valence-electron chi connectivity index (χ1n) is 5.66. The molecule has 0 radical (unpaired) electrons. The van der Waals surface area contributed by atoms with Crippen LogP contribution in [-0.4, -0.2) is 8.42 Å². The molecule has 0 amide bonds. The number of ether oxygens (including phenoxy) is 1. The van der Waals surface area contributed by atoms with Crippen molar-refractivity contribution in [2.24, 2.45) is 5.14 Å². The number of rotatable bonds is 4. The van der Waals surface area contributed by atoms with Crippen LogP contribution in [0.5, 0.6) is 5.75 Å². The molecule has 0 saturated heterocycles. The molecule has 0 bridgehead atoms. The molecular formula is C13H10ClF2NO3S. The summed E-state index contributed by atoms with van der Waals surface area (Å²) in [6, 6.07) is 7.76. The van der Waals surface area contributed by atoms with Gasteiger partial charge in [-0.1, -0.05) is 23.7 Å². The number of halogens is 3. The monoisotopic (exact) mass is 333 g/mol. The van der Waals surface area contributed by atoms with Crippen LogP contribution in [0.25, 0.3) is 0 Å². The van der Waals surface area contributed by atoms with Crippen LogP contribution in [0.1, 0.15) is 5.56 Å². The molecule has 21 heavy (non-hydrogen) atoms. The number of benzene rings is 2. The molecule has 0 aliphatic carbocycles. The van der Waals surface area contributed by atoms with E-state index in [0.717, 1.165) is 0 Å². The summed E-state index contributed by atoms with van der Waals surface area (Å²) in [5.41, 5.74) is 0.608. The maximum absolute atomic E-state index is 13.7. The second-order valence-corrected chi connectivity index (χ2v) is 6.18. The smallest absolute Gasteiger partial charge is 0.238 e. The van der Waals surface area contributed by atoms with Crippen LogP contribution in [-0.2, 0) is 16.6 Å². The second-order valence-electron chi connectivity index (χ2n) is 4.18.